The minimum Gasteiger partial charge on any atom is -0.261 e. The van der Waals surface area contributed by atoms with Crippen LogP contribution in [0.5, 0.6) is 0 Å². The van der Waals surface area contributed by atoms with E-state index in [9.17, 15) is 0 Å². The first-order chi connectivity index (χ1) is 11.1. The second kappa shape index (κ2) is 8.58. The van der Waals surface area contributed by atoms with Gasteiger partial charge in [-0.3, -0.25) is 9.97 Å². The summed E-state index contributed by atoms with van der Waals surface area (Å²) in [7, 11) is 0. The minimum absolute atomic E-state index is 1.02. The number of halogens is 1. The van der Waals surface area contributed by atoms with Gasteiger partial charge in [0.1, 0.15) is 0 Å². The van der Waals surface area contributed by atoms with Gasteiger partial charge >= 0.3 is 0 Å². The summed E-state index contributed by atoms with van der Waals surface area (Å²) in [4.78, 5) is 9.37. The number of nitrogens with zero attached hydrogens (tertiary/aromatic N) is 2. The lowest BCUT2D eigenvalue weighted by molar-refractivity contribution is 0.777. The smallest absolute Gasteiger partial charge is 0.0442 e. The summed E-state index contributed by atoms with van der Waals surface area (Å²) in [6.45, 7) is 8.74. The van der Waals surface area contributed by atoms with E-state index in [-0.39, 0.29) is 0 Å². The van der Waals surface area contributed by atoms with Crippen LogP contribution in [0, 0.1) is 20.8 Å². The van der Waals surface area contributed by atoms with Crippen molar-refractivity contribution >= 4 is 15.9 Å². The van der Waals surface area contributed by atoms with Crippen molar-refractivity contribution in [3.63, 3.8) is 0 Å². The fraction of sp³-hybridized carbons (Fsp3) is 0.500. The van der Waals surface area contributed by atoms with Crippen LogP contribution in [0.4, 0.5) is 0 Å². The van der Waals surface area contributed by atoms with Gasteiger partial charge in [-0.2, -0.15) is 0 Å². The first kappa shape index (κ1) is 18.1. The van der Waals surface area contributed by atoms with Crippen molar-refractivity contribution in [2.75, 3.05) is 5.33 Å². The molecule has 0 radical (unpaired) electrons. The Hall–Kier alpha value is -1.22. The molecule has 3 heteroatoms. The van der Waals surface area contributed by atoms with Crippen molar-refractivity contribution in [3.8, 4) is 11.1 Å². The van der Waals surface area contributed by atoms with Crippen LogP contribution in [0.15, 0.2) is 18.3 Å². The number of alkyl halides is 1. The van der Waals surface area contributed by atoms with Crippen LogP contribution >= 0.6 is 15.9 Å². The molecule has 2 nitrogen and oxygen atoms in total. The number of aryl methyl sites for hydroxylation is 3. The molecule has 23 heavy (non-hydrogen) atoms. The number of aromatic nitrogens is 2. The van der Waals surface area contributed by atoms with Crippen LogP contribution in [0.2, 0.25) is 0 Å². The molecule has 0 aliphatic heterocycles. The van der Waals surface area contributed by atoms with E-state index in [4.69, 9.17) is 4.98 Å². The zero-order valence-electron chi connectivity index (χ0n) is 14.7. The molecular weight excluding hydrogens is 348 g/mol. The van der Waals surface area contributed by atoms with Gasteiger partial charge in [0.2, 0.25) is 0 Å². The Morgan fingerprint density at radius 2 is 1.83 bits per heavy atom. The molecule has 124 valence electrons. The molecule has 2 heterocycles. The summed E-state index contributed by atoms with van der Waals surface area (Å²) in [6.07, 6.45) is 7.55. The van der Waals surface area contributed by atoms with Crippen molar-refractivity contribution in [3.05, 3.63) is 46.5 Å². The predicted molar refractivity (Wildman–Crippen MR) is 102 cm³/mol. The summed E-state index contributed by atoms with van der Waals surface area (Å²) in [6, 6.07) is 4.40. The van der Waals surface area contributed by atoms with Crippen LogP contribution in [0.1, 0.15) is 54.4 Å². The molecule has 0 amide bonds. The van der Waals surface area contributed by atoms with E-state index in [2.05, 4.69) is 60.7 Å². The summed E-state index contributed by atoms with van der Waals surface area (Å²) in [5.74, 6) is 0. The van der Waals surface area contributed by atoms with Gasteiger partial charge in [-0.15, -0.1) is 0 Å². The van der Waals surface area contributed by atoms with Crippen LogP contribution in [0.3, 0.4) is 0 Å². The third-order valence-corrected chi connectivity index (χ3v) is 5.03. The summed E-state index contributed by atoms with van der Waals surface area (Å²) in [5, 5.41) is 1.02. The zero-order chi connectivity index (χ0) is 16.8. The van der Waals surface area contributed by atoms with Crippen LogP contribution in [-0.2, 0) is 12.8 Å². The maximum Gasteiger partial charge on any atom is 0.0442 e. The number of hydrogen-bond acceptors (Lipinski definition) is 2. The van der Waals surface area contributed by atoms with Gasteiger partial charge in [0.05, 0.1) is 0 Å². The fourth-order valence-electron chi connectivity index (χ4n) is 3.02. The SMILES string of the molecule is CCCCc1cc(-c2c(C)c(C)nc(CCCBr)c2C)ccn1. The highest BCUT2D eigenvalue weighted by Crippen LogP contribution is 2.31. The number of hydrogen-bond donors (Lipinski definition) is 0. The maximum atomic E-state index is 4.83. The van der Waals surface area contributed by atoms with Gasteiger partial charge in [0.25, 0.3) is 0 Å². The Kier molecular flexibility index (Phi) is 6.76. The molecule has 0 spiro atoms. The lowest BCUT2D eigenvalue weighted by Crippen LogP contribution is -2.04. The van der Waals surface area contributed by atoms with Gasteiger partial charge in [-0.05, 0) is 80.8 Å². The van der Waals surface area contributed by atoms with Gasteiger partial charge in [0, 0.05) is 28.6 Å². The summed E-state index contributed by atoms with van der Waals surface area (Å²) >= 11 is 3.53. The van der Waals surface area contributed by atoms with Gasteiger partial charge in [-0.25, -0.2) is 0 Å². The Bertz CT molecular complexity index is 665. The molecule has 2 aromatic heterocycles. The Labute approximate surface area is 148 Å². The molecule has 0 saturated heterocycles. The molecule has 0 saturated carbocycles. The van der Waals surface area contributed by atoms with Crippen LogP contribution in [-0.4, -0.2) is 15.3 Å². The van der Waals surface area contributed by atoms with E-state index < -0.39 is 0 Å². The van der Waals surface area contributed by atoms with Crippen molar-refractivity contribution < 1.29 is 0 Å². The molecule has 2 rings (SSSR count). The molecule has 0 aromatic carbocycles. The molecule has 0 bridgehead atoms. The Morgan fingerprint density at radius 1 is 1.04 bits per heavy atom. The van der Waals surface area contributed by atoms with E-state index in [0.717, 1.165) is 30.3 Å². The molecular formula is C20H27BrN2. The monoisotopic (exact) mass is 374 g/mol. The zero-order valence-corrected chi connectivity index (χ0v) is 16.3. The maximum absolute atomic E-state index is 4.83. The van der Waals surface area contributed by atoms with Gasteiger partial charge in [-0.1, -0.05) is 29.3 Å². The molecule has 0 aliphatic carbocycles. The molecule has 0 fully saturated rings. The van der Waals surface area contributed by atoms with Gasteiger partial charge < -0.3 is 0 Å². The van der Waals surface area contributed by atoms with E-state index in [0.29, 0.717) is 0 Å². The molecule has 0 atom stereocenters. The molecule has 0 N–H and O–H groups in total. The second-order valence-electron chi connectivity index (χ2n) is 6.20. The Morgan fingerprint density at radius 3 is 2.52 bits per heavy atom. The topological polar surface area (TPSA) is 25.8 Å². The second-order valence-corrected chi connectivity index (χ2v) is 6.99. The first-order valence-electron chi connectivity index (χ1n) is 8.56. The standard InChI is InChI=1S/C20H27BrN2/c1-5-6-8-18-13-17(10-12-22-18)20-14(2)16(4)23-19(15(20)3)9-7-11-21/h10,12-13H,5-9,11H2,1-4H3. The molecule has 2 aromatic rings. The van der Waals surface area contributed by atoms with Crippen molar-refractivity contribution in [1.82, 2.24) is 9.97 Å². The van der Waals surface area contributed by atoms with E-state index >= 15 is 0 Å². The van der Waals surface area contributed by atoms with Gasteiger partial charge in [0.15, 0.2) is 0 Å². The highest BCUT2D eigenvalue weighted by atomic mass is 79.9. The average Bonchev–Trinajstić information content (AvgIpc) is 2.55. The predicted octanol–water partition coefficient (Wildman–Crippen LogP) is 5.74. The highest BCUT2D eigenvalue weighted by molar-refractivity contribution is 9.09. The normalized spacial score (nSPS) is 11.0. The largest absolute Gasteiger partial charge is 0.261 e. The van der Waals surface area contributed by atoms with Crippen molar-refractivity contribution in [2.45, 2.75) is 59.8 Å². The molecule has 0 aliphatic rings. The summed E-state index contributed by atoms with van der Waals surface area (Å²) < 4.78 is 0. The van der Waals surface area contributed by atoms with Crippen molar-refractivity contribution in [1.29, 1.82) is 0 Å². The first-order valence-corrected chi connectivity index (χ1v) is 9.68. The lowest BCUT2D eigenvalue weighted by atomic mass is 9.92. The quantitative estimate of drug-likeness (QED) is 0.577. The highest BCUT2D eigenvalue weighted by Gasteiger charge is 2.14. The van der Waals surface area contributed by atoms with E-state index in [1.807, 2.05) is 6.20 Å². The average molecular weight is 375 g/mol. The minimum atomic E-state index is 1.02. The number of unbranched alkanes of at least 4 members (excludes halogenated alkanes) is 1. The lowest BCUT2D eigenvalue weighted by Gasteiger charge is -2.17. The number of rotatable bonds is 7. The van der Waals surface area contributed by atoms with E-state index in [1.165, 1.54) is 46.5 Å². The number of pyridine rings is 2. The fourth-order valence-corrected chi connectivity index (χ4v) is 3.30. The molecule has 0 unspecified atom stereocenters. The third-order valence-electron chi connectivity index (χ3n) is 4.47. The third kappa shape index (κ3) is 4.41. The van der Waals surface area contributed by atoms with Crippen LogP contribution in [0.25, 0.3) is 11.1 Å². The summed E-state index contributed by atoms with van der Waals surface area (Å²) in [5.41, 5.74) is 8.81. The van der Waals surface area contributed by atoms with E-state index in [1.54, 1.807) is 0 Å². The van der Waals surface area contributed by atoms with Crippen LogP contribution < -0.4 is 0 Å². The van der Waals surface area contributed by atoms with Crippen molar-refractivity contribution in [2.24, 2.45) is 0 Å². The Balaban J connectivity index is 2.47.